The van der Waals surface area contributed by atoms with Crippen LogP contribution in [0.25, 0.3) is 0 Å². The molecule has 0 saturated carbocycles. The van der Waals surface area contributed by atoms with Crippen molar-refractivity contribution in [3.05, 3.63) is 82.7 Å². The average molecular weight is 635 g/mol. The van der Waals surface area contributed by atoms with Crippen LogP contribution in [0, 0.1) is 0 Å². The standard InChI is InChI=1S/C30H39F3N4O2.3C2H6/c1-9-17-37(11-3)29(38)25-14-12-13-24(18-25)28(35-8)36-23(6)27(19-34-7)21(4)20-39-22(5)15-16-26(10-2)30(31,32)33;3*1-2/h10,12-16,18-19H,2,9,11,17,20H2,1,3-8H3;3*1-2H3/b22-15+,26-16+,27-21-,34-19?,35-28?,36-23?;;;. The number of carbonyl (C=O) groups excluding carboxylic acids is 1. The molecule has 0 N–H and O–H groups in total. The summed E-state index contributed by atoms with van der Waals surface area (Å²) in [7, 11) is 3.26. The summed E-state index contributed by atoms with van der Waals surface area (Å²) >= 11 is 0. The lowest BCUT2D eigenvalue weighted by Gasteiger charge is -2.20. The van der Waals surface area contributed by atoms with Crippen molar-refractivity contribution in [3.8, 4) is 0 Å². The fourth-order valence-corrected chi connectivity index (χ4v) is 3.58. The van der Waals surface area contributed by atoms with Crippen molar-refractivity contribution >= 4 is 23.7 Å². The highest BCUT2D eigenvalue weighted by Gasteiger charge is 2.30. The maximum Gasteiger partial charge on any atom is 0.416 e. The molecule has 0 radical (unpaired) electrons. The van der Waals surface area contributed by atoms with E-state index >= 15 is 0 Å². The number of benzene rings is 1. The van der Waals surface area contributed by atoms with Crippen LogP contribution in [0.1, 0.15) is 98.5 Å². The number of allylic oxidation sites excluding steroid dienone is 6. The molecular formula is C36H57F3N4O2. The third-order valence-corrected chi connectivity index (χ3v) is 5.68. The molecule has 0 saturated heterocycles. The number of amides is 1. The summed E-state index contributed by atoms with van der Waals surface area (Å²) in [6.07, 6.45) is 0.969. The smallest absolute Gasteiger partial charge is 0.416 e. The van der Waals surface area contributed by atoms with Gasteiger partial charge in [0.25, 0.3) is 5.91 Å². The molecule has 0 bridgehead atoms. The van der Waals surface area contributed by atoms with Crippen LogP contribution in [0.2, 0.25) is 0 Å². The summed E-state index contributed by atoms with van der Waals surface area (Å²) in [5.41, 5.74) is 2.50. The number of rotatable bonds is 12. The molecule has 1 rings (SSSR count). The topological polar surface area (TPSA) is 66.6 Å². The van der Waals surface area contributed by atoms with Gasteiger partial charge < -0.3 is 9.64 Å². The van der Waals surface area contributed by atoms with E-state index < -0.39 is 11.7 Å². The van der Waals surface area contributed by atoms with Crippen molar-refractivity contribution in [3.63, 3.8) is 0 Å². The zero-order valence-electron chi connectivity index (χ0n) is 29.9. The summed E-state index contributed by atoms with van der Waals surface area (Å²) in [5, 5.41) is 0. The van der Waals surface area contributed by atoms with Crippen molar-refractivity contribution < 1.29 is 22.7 Å². The van der Waals surface area contributed by atoms with E-state index in [0.29, 0.717) is 47.1 Å². The summed E-state index contributed by atoms with van der Waals surface area (Å²) in [4.78, 5) is 27.9. The van der Waals surface area contributed by atoms with Crippen LogP contribution in [-0.2, 0) is 4.74 Å². The van der Waals surface area contributed by atoms with Gasteiger partial charge in [0, 0.05) is 55.8 Å². The number of halogens is 3. The Bertz CT molecular complexity index is 1190. The molecule has 0 aliphatic rings. The van der Waals surface area contributed by atoms with Gasteiger partial charge in [0.05, 0.1) is 11.3 Å². The Labute approximate surface area is 271 Å². The number of carbonyl (C=O) groups is 1. The van der Waals surface area contributed by atoms with Gasteiger partial charge in [0.15, 0.2) is 5.84 Å². The molecule has 45 heavy (non-hydrogen) atoms. The van der Waals surface area contributed by atoms with Crippen molar-refractivity contribution in [1.82, 2.24) is 4.90 Å². The molecule has 1 amide bonds. The van der Waals surface area contributed by atoms with Gasteiger partial charge in [-0.3, -0.25) is 14.8 Å². The lowest BCUT2D eigenvalue weighted by molar-refractivity contribution is -0.0881. The molecule has 0 unspecified atom stereocenters. The fraction of sp³-hybridized carbons (Fsp3) is 0.500. The Morgan fingerprint density at radius 1 is 0.978 bits per heavy atom. The number of aliphatic imine (C=N–C) groups is 3. The van der Waals surface area contributed by atoms with E-state index in [-0.39, 0.29) is 12.5 Å². The Balaban J connectivity index is -0.00000276. The Morgan fingerprint density at radius 2 is 1.56 bits per heavy atom. The van der Waals surface area contributed by atoms with E-state index in [1.807, 2.05) is 81.4 Å². The largest absolute Gasteiger partial charge is 0.494 e. The fourth-order valence-electron chi connectivity index (χ4n) is 3.58. The zero-order valence-corrected chi connectivity index (χ0v) is 29.9. The maximum absolute atomic E-state index is 13.0. The minimum absolute atomic E-state index is 0.0437. The molecule has 0 aliphatic heterocycles. The summed E-state index contributed by atoms with van der Waals surface area (Å²) in [6.45, 7) is 25.8. The van der Waals surface area contributed by atoms with Crippen LogP contribution in [0.4, 0.5) is 13.2 Å². The molecule has 1 aromatic carbocycles. The number of amidine groups is 1. The van der Waals surface area contributed by atoms with Gasteiger partial charge in [-0.2, -0.15) is 13.2 Å². The molecular weight excluding hydrogens is 577 g/mol. The zero-order chi connectivity index (χ0) is 35.6. The molecule has 0 aliphatic carbocycles. The minimum atomic E-state index is -4.48. The van der Waals surface area contributed by atoms with Gasteiger partial charge >= 0.3 is 6.18 Å². The number of hydrogen-bond acceptors (Lipinski definition) is 4. The second-order valence-electron chi connectivity index (χ2n) is 8.68. The molecule has 0 heterocycles. The van der Waals surface area contributed by atoms with E-state index in [9.17, 15) is 18.0 Å². The van der Waals surface area contributed by atoms with E-state index in [0.717, 1.165) is 24.1 Å². The lowest BCUT2D eigenvalue weighted by Crippen LogP contribution is -2.31. The van der Waals surface area contributed by atoms with Gasteiger partial charge in [0.1, 0.15) is 6.61 Å². The summed E-state index contributed by atoms with van der Waals surface area (Å²) in [6, 6.07) is 7.22. The van der Waals surface area contributed by atoms with Crippen LogP contribution in [-0.4, -0.2) is 68.5 Å². The van der Waals surface area contributed by atoms with E-state index in [1.54, 1.807) is 44.3 Å². The van der Waals surface area contributed by atoms with Crippen LogP contribution < -0.4 is 0 Å². The van der Waals surface area contributed by atoms with Crippen molar-refractivity contribution in [2.75, 3.05) is 33.8 Å². The summed E-state index contributed by atoms with van der Waals surface area (Å²) < 4.78 is 44.3. The van der Waals surface area contributed by atoms with E-state index in [2.05, 4.69) is 16.6 Å². The quantitative estimate of drug-likeness (QED) is 0.0994. The molecule has 9 heteroatoms. The van der Waals surface area contributed by atoms with Gasteiger partial charge in [-0.25, -0.2) is 4.99 Å². The summed E-state index contributed by atoms with van der Waals surface area (Å²) in [5.74, 6) is 0.710. The number of alkyl halides is 3. The molecule has 254 valence electrons. The predicted octanol–water partition coefficient (Wildman–Crippen LogP) is 10.1. The van der Waals surface area contributed by atoms with Crippen LogP contribution >= 0.6 is 0 Å². The van der Waals surface area contributed by atoms with Gasteiger partial charge in [-0.05, 0) is 64.0 Å². The normalized spacial score (nSPS) is 12.9. The second kappa shape index (κ2) is 26.6. The number of ether oxygens (including phenoxy) is 1. The van der Waals surface area contributed by atoms with Gasteiger partial charge in [-0.1, -0.05) is 73.3 Å². The highest BCUT2D eigenvalue weighted by atomic mass is 19.4. The predicted molar refractivity (Wildman–Crippen MR) is 189 cm³/mol. The Kier molecular flexibility index (Phi) is 27.0. The third-order valence-electron chi connectivity index (χ3n) is 5.68. The van der Waals surface area contributed by atoms with Crippen LogP contribution in [0.5, 0.6) is 0 Å². The maximum atomic E-state index is 13.0. The SMILES string of the molecule is C=C/C(=C\C=C(/C)OC/C(C)=C(/C=NC)C(C)=NC(=NC)c1cccc(C(=O)N(CC)CCC)c1)C(F)(F)F.CC.CC.CC. The molecule has 0 atom stereocenters. The van der Waals surface area contributed by atoms with Crippen molar-refractivity contribution in [1.29, 1.82) is 0 Å². The lowest BCUT2D eigenvalue weighted by atomic mass is 10.1. The van der Waals surface area contributed by atoms with Crippen molar-refractivity contribution in [2.24, 2.45) is 15.0 Å². The third kappa shape index (κ3) is 17.4. The first kappa shape index (κ1) is 45.7. The van der Waals surface area contributed by atoms with E-state index in [4.69, 9.17) is 9.73 Å². The number of hydrogen-bond donors (Lipinski definition) is 0. The highest BCUT2D eigenvalue weighted by molar-refractivity contribution is 6.20. The first-order chi connectivity index (χ1) is 21.4. The van der Waals surface area contributed by atoms with Gasteiger partial charge in [0.2, 0.25) is 0 Å². The molecule has 1 aromatic rings. The Morgan fingerprint density at radius 3 is 2.02 bits per heavy atom. The van der Waals surface area contributed by atoms with Gasteiger partial charge in [-0.15, -0.1) is 0 Å². The average Bonchev–Trinajstić information content (AvgIpc) is 3.05. The van der Waals surface area contributed by atoms with Crippen LogP contribution in [0.15, 0.2) is 86.5 Å². The number of nitrogens with zero attached hydrogens (tertiary/aromatic N) is 4. The molecule has 0 spiro atoms. The molecule has 6 nitrogen and oxygen atoms in total. The van der Waals surface area contributed by atoms with Crippen molar-refractivity contribution in [2.45, 2.75) is 88.8 Å². The van der Waals surface area contributed by atoms with E-state index in [1.165, 1.54) is 6.08 Å². The first-order valence-corrected chi connectivity index (χ1v) is 15.7. The highest BCUT2D eigenvalue weighted by Crippen LogP contribution is 2.26. The van der Waals surface area contributed by atoms with Crippen LogP contribution in [0.3, 0.4) is 0 Å². The first-order valence-electron chi connectivity index (χ1n) is 15.7. The molecule has 0 aromatic heterocycles. The second-order valence-corrected chi connectivity index (χ2v) is 8.68. The minimum Gasteiger partial charge on any atom is -0.494 e. The monoisotopic (exact) mass is 634 g/mol. The Hall–Kier alpha value is -3.75. The molecule has 0 fully saturated rings.